The molecule has 1 unspecified atom stereocenters. The van der Waals surface area contributed by atoms with Gasteiger partial charge in [0.2, 0.25) is 0 Å². The maximum absolute atomic E-state index is 5.45. The molecule has 0 spiro atoms. The Kier molecular flexibility index (Phi) is 3.74. The summed E-state index contributed by atoms with van der Waals surface area (Å²) in [5, 5.41) is 5.68. The SMILES string of the molecule is CNC1CCCN(c2nccc3c(OC)cccc23)C1. The van der Waals surface area contributed by atoms with E-state index in [0.29, 0.717) is 6.04 Å². The molecule has 1 fully saturated rings. The number of nitrogens with zero attached hydrogens (tertiary/aromatic N) is 2. The monoisotopic (exact) mass is 271 g/mol. The lowest BCUT2D eigenvalue weighted by molar-refractivity contribution is 0.419. The summed E-state index contributed by atoms with van der Waals surface area (Å²) in [5.41, 5.74) is 0. The number of hydrogen-bond donors (Lipinski definition) is 1. The van der Waals surface area contributed by atoms with Crippen LogP contribution in [0.5, 0.6) is 5.75 Å². The van der Waals surface area contributed by atoms with Gasteiger partial charge in [-0.05, 0) is 32.0 Å². The van der Waals surface area contributed by atoms with Gasteiger partial charge in [-0.3, -0.25) is 0 Å². The summed E-state index contributed by atoms with van der Waals surface area (Å²) < 4.78 is 5.45. The zero-order valence-electron chi connectivity index (χ0n) is 12.1. The Morgan fingerprint density at radius 2 is 2.20 bits per heavy atom. The molecule has 1 aliphatic heterocycles. The molecule has 1 aromatic heterocycles. The van der Waals surface area contributed by atoms with Gasteiger partial charge in [0, 0.05) is 36.1 Å². The van der Waals surface area contributed by atoms with Gasteiger partial charge in [0.25, 0.3) is 0 Å². The second-order valence-electron chi connectivity index (χ2n) is 5.26. The maximum Gasteiger partial charge on any atom is 0.136 e. The van der Waals surface area contributed by atoms with Gasteiger partial charge in [0.15, 0.2) is 0 Å². The third kappa shape index (κ3) is 2.31. The lowest BCUT2D eigenvalue weighted by Crippen LogP contribution is -2.44. The van der Waals surface area contributed by atoms with E-state index in [1.54, 1.807) is 7.11 Å². The highest BCUT2D eigenvalue weighted by Crippen LogP contribution is 2.32. The molecule has 1 atom stereocenters. The van der Waals surface area contributed by atoms with Gasteiger partial charge in [0.05, 0.1) is 7.11 Å². The summed E-state index contributed by atoms with van der Waals surface area (Å²) in [6.07, 6.45) is 4.32. The van der Waals surface area contributed by atoms with Gasteiger partial charge in [-0.25, -0.2) is 4.98 Å². The van der Waals surface area contributed by atoms with Crippen LogP contribution in [0.25, 0.3) is 10.8 Å². The Balaban J connectivity index is 2.03. The molecule has 1 N–H and O–H groups in total. The van der Waals surface area contributed by atoms with Gasteiger partial charge in [-0.1, -0.05) is 12.1 Å². The first-order valence-corrected chi connectivity index (χ1v) is 7.17. The first-order chi connectivity index (χ1) is 9.83. The molecule has 0 aliphatic carbocycles. The summed E-state index contributed by atoms with van der Waals surface area (Å²) in [4.78, 5) is 7.00. The number of benzene rings is 1. The molecule has 1 aliphatic rings. The molecular weight excluding hydrogens is 250 g/mol. The van der Waals surface area contributed by atoms with Crippen LogP contribution >= 0.6 is 0 Å². The van der Waals surface area contributed by atoms with E-state index >= 15 is 0 Å². The molecule has 4 nitrogen and oxygen atoms in total. The van der Waals surface area contributed by atoms with Crippen LogP contribution < -0.4 is 15.0 Å². The first-order valence-electron chi connectivity index (χ1n) is 7.17. The number of pyridine rings is 1. The quantitative estimate of drug-likeness (QED) is 0.930. The van der Waals surface area contributed by atoms with Crippen LogP contribution in [0.3, 0.4) is 0 Å². The van der Waals surface area contributed by atoms with E-state index in [1.165, 1.54) is 18.2 Å². The van der Waals surface area contributed by atoms with Gasteiger partial charge in [0.1, 0.15) is 11.6 Å². The molecule has 3 rings (SSSR count). The van der Waals surface area contributed by atoms with E-state index in [0.717, 1.165) is 30.0 Å². The molecular formula is C16H21N3O. The molecule has 1 aromatic carbocycles. The second kappa shape index (κ2) is 5.67. The number of hydrogen-bond acceptors (Lipinski definition) is 4. The molecule has 4 heteroatoms. The number of aromatic nitrogens is 1. The number of methoxy groups -OCH3 is 1. The van der Waals surface area contributed by atoms with Crippen LogP contribution in [0, 0.1) is 0 Å². The van der Waals surface area contributed by atoms with E-state index in [4.69, 9.17) is 4.74 Å². The first kappa shape index (κ1) is 13.2. The van der Waals surface area contributed by atoms with E-state index < -0.39 is 0 Å². The van der Waals surface area contributed by atoms with Crippen molar-refractivity contribution in [2.45, 2.75) is 18.9 Å². The minimum Gasteiger partial charge on any atom is -0.496 e. The maximum atomic E-state index is 5.45. The molecule has 1 saturated heterocycles. The lowest BCUT2D eigenvalue weighted by atomic mass is 10.0. The van der Waals surface area contributed by atoms with Gasteiger partial charge in [-0.2, -0.15) is 0 Å². The van der Waals surface area contributed by atoms with Crippen molar-refractivity contribution in [3.63, 3.8) is 0 Å². The van der Waals surface area contributed by atoms with Crippen LogP contribution in [0.1, 0.15) is 12.8 Å². The Morgan fingerprint density at radius 3 is 3.00 bits per heavy atom. The summed E-state index contributed by atoms with van der Waals surface area (Å²) in [6, 6.07) is 8.73. The third-order valence-corrected chi connectivity index (χ3v) is 4.09. The fourth-order valence-electron chi connectivity index (χ4n) is 3.00. The molecule has 2 aromatic rings. The van der Waals surface area contributed by atoms with Crippen LogP contribution in [-0.2, 0) is 0 Å². The van der Waals surface area contributed by atoms with Crippen LogP contribution in [0.2, 0.25) is 0 Å². The predicted octanol–water partition coefficient (Wildman–Crippen LogP) is 2.43. The van der Waals surface area contributed by atoms with E-state index in [2.05, 4.69) is 21.3 Å². The average Bonchev–Trinajstić information content (AvgIpc) is 2.53. The minimum atomic E-state index is 0.548. The molecule has 20 heavy (non-hydrogen) atoms. The molecule has 2 heterocycles. The van der Waals surface area contributed by atoms with Crippen molar-refractivity contribution in [3.05, 3.63) is 30.5 Å². The van der Waals surface area contributed by atoms with Crippen LogP contribution in [0.15, 0.2) is 30.5 Å². The van der Waals surface area contributed by atoms with Crippen molar-refractivity contribution in [1.29, 1.82) is 0 Å². The molecule has 0 amide bonds. The molecule has 0 radical (unpaired) electrons. The molecule has 0 saturated carbocycles. The lowest BCUT2D eigenvalue weighted by Gasteiger charge is -2.34. The zero-order chi connectivity index (χ0) is 13.9. The minimum absolute atomic E-state index is 0.548. The van der Waals surface area contributed by atoms with Crippen molar-refractivity contribution < 1.29 is 4.74 Å². The third-order valence-electron chi connectivity index (χ3n) is 4.09. The fourth-order valence-corrected chi connectivity index (χ4v) is 3.00. The van der Waals surface area contributed by atoms with Crippen molar-refractivity contribution in [2.75, 3.05) is 32.1 Å². The summed E-state index contributed by atoms with van der Waals surface area (Å²) >= 11 is 0. The number of piperidine rings is 1. The Morgan fingerprint density at radius 1 is 1.30 bits per heavy atom. The van der Waals surface area contributed by atoms with Crippen molar-refractivity contribution in [2.24, 2.45) is 0 Å². The number of likely N-dealkylation sites (N-methyl/N-ethyl adjacent to an activating group) is 1. The summed E-state index contributed by atoms with van der Waals surface area (Å²) in [5.74, 6) is 1.98. The van der Waals surface area contributed by atoms with Crippen LogP contribution in [0.4, 0.5) is 5.82 Å². The highest BCUT2D eigenvalue weighted by atomic mass is 16.5. The Labute approximate surface area is 119 Å². The Bertz CT molecular complexity index is 599. The van der Waals surface area contributed by atoms with E-state index in [-0.39, 0.29) is 0 Å². The number of rotatable bonds is 3. The van der Waals surface area contributed by atoms with Crippen molar-refractivity contribution >= 4 is 16.6 Å². The summed E-state index contributed by atoms with van der Waals surface area (Å²) in [7, 11) is 3.75. The van der Waals surface area contributed by atoms with E-state index in [1.807, 2.05) is 31.4 Å². The largest absolute Gasteiger partial charge is 0.496 e. The normalized spacial score (nSPS) is 19.3. The molecule has 0 bridgehead atoms. The highest BCUT2D eigenvalue weighted by molar-refractivity contribution is 5.96. The van der Waals surface area contributed by atoms with Crippen molar-refractivity contribution in [1.82, 2.24) is 10.3 Å². The van der Waals surface area contributed by atoms with Gasteiger partial charge >= 0.3 is 0 Å². The van der Waals surface area contributed by atoms with Crippen LogP contribution in [-0.4, -0.2) is 38.3 Å². The van der Waals surface area contributed by atoms with E-state index in [9.17, 15) is 0 Å². The topological polar surface area (TPSA) is 37.4 Å². The second-order valence-corrected chi connectivity index (χ2v) is 5.26. The molecule has 106 valence electrons. The summed E-state index contributed by atoms with van der Waals surface area (Å²) in [6.45, 7) is 2.08. The van der Waals surface area contributed by atoms with Gasteiger partial charge in [-0.15, -0.1) is 0 Å². The predicted molar refractivity (Wildman–Crippen MR) is 82.6 cm³/mol. The fraction of sp³-hybridized carbons (Fsp3) is 0.438. The number of ether oxygens (including phenoxy) is 1. The Hall–Kier alpha value is -1.81. The standard InChI is InChI=1S/C16H21N3O/c1-17-12-5-4-10-19(11-12)16-14-6-3-7-15(20-2)13(14)8-9-18-16/h3,6-9,12,17H,4-5,10-11H2,1-2H3. The average molecular weight is 271 g/mol. The van der Waals surface area contributed by atoms with Gasteiger partial charge < -0.3 is 15.0 Å². The number of fused-ring (bicyclic) bond motifs is 1. The number of nitrogens with one attached hydrogen (secondary N) is 1. The highest BCUT2D eigenvalue weighted by Gasteiger charge is 2.21. The van der Waals surface area contributed by atoms with Crippen molar-refractivity contribution in [3.8, 4) is 5.75 Å². The number of anilines is 1. The zero-order valence-corrected chi connectivity index (χ0v) is 12.1. The smallest absolute Gasteiger partial charge is 0.136 e.